The van der Waals surface area contributed by atoms with Gasteiger partial charge >= 0.3 is 0 Å². The highest BCUT2D eigenvalue weighted by Gasteiger charge is 2.06. The first kappa shape index (κ1) is 10.5. The fraction of sp³-hybridized carbons (Fsp3) is 0.273. The molecule has 2 rings (SSSR count). The molecule has 2 N–H and O–H groups in total. The van der Waals surface area contributed by atoms with Gasteiger partial charge in [-0.1, -0.05) is 0 Å². The Balaban J connectivity index is 2.43. The molecule has 0 saturated carbocycles. The second kappa shape index (κ2) is 4.22. The molecule has 0 amide bonds. The fourth-order valence-electron chi connectivity index (χ4n) is 1.45. The number of nitrogens with two attached hydrogens (primary N) is 1. The van der Waals surface area contributed by atoms with Crippen molar-refractivity contribution in [2.75, 3.05) is 12.3 Å². The van der Waals surface area contributed by atoms with Gasteiger partial charge in [0, 0.05) is 12.4 Å². The number of imidazole rings is 1. The lowest BCUT2D eigenvalue weighted by Gasteiger charge is -2.09. The average Bonchev–Trinajstić information content (AvgIpc) is 2.68. The summed E-state index contributed by atoms with van der Waals surface area (Å²) >= 11 is 0. The number of nitrogens with zero attached hydrogens (tertiary/aromatic N) is 3. The number of ether oxygens (including phenoxy) is 1. The van der Waals surface area contributed by atoms with E-state index in [0.717, 1.165) is 11.6 Å². The van der Waals surface area contributed by atoms with E-state index in [9.17, 15) is 0 Å². The van der Waals surface area contributed by atoms with E-state index in [1.165, 1.54) is 0 Å². The van der Waals surface area contributed by atoms with Gasteiger partial charge in [-0.25, -0.2) is 4.98 Å². The monoisotopic (exact) mass is 218 g/mol. The lowest BCUT2D eigenvalue weighted by atomic mass is 10.4. The van der Waals surface area contributed by atoms with Crippen LogP contribution >= 0.6 is 0 Å². The third kappa shape index (κ3) is 1.84. The van der Waals surface area contributed by atoms with Gasteiger partial charge in [0.2, 0.25) is 5.88 Å². The Kier molecular flexibility index (Phi) is 2.76. The van der Waals surface area contributed by atoms with Crippen molar-refractivity contribution in [2.24, 2.45) is 0 Å². The summed E-state index contributed by atoms with van der Waals surface area (Å²) in [6, 6.07) is 3.62. The van der Waals surface area contributed by atoms with Gasteiger partial charge in [-0.15, -0.1) is 0 Å². The number of hydrogen-bond donors (Lipinski definition) is 1. The van der Waals surface area contributed by atoms with Crippen LogP contribution in [0.2, 0.25) is 0 Å². The second-order valence-electron chi connectivity index (χ2n) is 3.34. The molecule has 0 radical (unpaired) electrons. The van der Waals surface area contributed by atoms with Crippen LogP contribution in [0.25, 0.3) is 5.82 Å². The Bertz CT molecular complexity index is 492. The summed E-state index contributed by atoms with van der Waals surface area (Å²) in [5.41, 5.74) is 6.30. The maximum Gasteiger partial charge on any atom is 0.239 e. The number of aromatic nitrogens is 3. The first-order valence-corrected chi connectivity index (χ1v) is 5.12. The summed E-state index contributed by atoms with van der Waals surface area (Å²) in [5, 5.41) is 0. The SMILES string of the molecule is CCOc1nc(-n2ccnc2C)ccc1N. The molecule has 2 aromatic rings. The lowest BCUT2D eigenvalue weighted by Crippen LogP contribution is -2.04. The zero-order chi connectivity index (χ0) is 11.5. The van der Waals surface area contributed by atoms with Gasteiger partial charge in [-0.2, -0.15) is 4.98 Å². The lowest BCUT2D eigenvalue weighted by molar-refractivity contribution is 0.328. The summed E-state index contributed by atoms with van der Waals surface area (Å²) < 4.78 is 7.22. The molecule has 0 atom stereocenters. The normalized spacial score (nSPS) is 10.4. The highest BCUT2D eigenvalue weighted by atomic mass is 16.5. The van der Waals surface area contributed by atoms with Crippen LogP contribution in [0, 0.1) is 6.92 Å². The molecule has 2 heterocycles. The van der Waals surface area contributed by atoms with Crippen LogP contribution in [0.1, 0.15) is 12.7 Å². The molecule has 84 valence electrons. The van der Waals surface area contributed by atoms with Crippen molar-refractivity contribution < 1.29 is 4.74 Å². The molecule has 0 aliphatic rings. The molecule has 0 saturated heterocycles. The maximum atomic E-state index is 5.75. The molecular formula is C11H14N4O. The Morgan fingerprint density at radius 1 is 1.44 bits per heavy atom. The van der Waals surface area contributed by atoms with Crippen molar-refractivity contribution in [3.05, 3.63) is 30.4 Å². The van der Waals surface area contributed by atoms with E-state index in [-0.39, 0.29) is 0 Å². The van der Waals surface area contributed by atoms with Crippen molar-refractivity contribution in [3.63, 3.8) is 0 Å². The molecule has 16 heavy (non-hydrogen) atoms. The van der Waals surface area contributed by atoms with E-state index in [1.54, 1.807) is 12.3 Å². The number of rotatable bonds is 3. The Hall–Kier alpha value is -2.04. The van der Waals surface area contributed by atoms with Gasteiger partial charge in [-0.3, -0.25) is 4.57 Å². The van der Waals surface area contributed by atoms with Gasteiger partial charge in [0.15, 0.2) is 0 Å². The van der Waals surface area contributed by atoms with Crippen molar-refractivity contribution in [2.45, 2.75) is 13.8 Å². The topological polar surface area (TPSA) is 66.0 Å². The Labute approximate surface area is 93.9 Å². The van der Waals surface area contributed by atoms with Crippen molar-refractivity contribution in [1.29, 1.82) is 0 Å². The molecule has 0 aromatic carbocycles. The van der Waals surface area contributed by atoms with E-state index >= 15 is 0 Å². The van der Waals surface area contributed by atoms with Crippen LogP contribution in [0.3, 0.4) is 0 Å². The molecule has 0 unspecified atom stereocenters. The first-order valence-electron chi connectivity index (χ1n) is 5.12. The van der Waals surface area contributed by atoms with Crippen LogP contribution in [-0.2, 0) is 0 Å². The van der Waals surface area contributed by atoms with Gasteiger partial charge in [0.1, 0.15) is 11.6 Å². The maximum absolute atomic E-state index is 5.75. The van der Waals surface area contributed by atoms with Crippen LogP contribution in [-0.4, -0.2) is 21.1 Å². The molecule has 5 heteroatoms. The van der Waals surface area contributed by atoms with Crippen molar-refractivity contribution in [3.8, 4) is 11.7 Å². The summed E-state index contributed by atoms with van der Waals surface area (Å²) in [6.45, 7) is 4.36. The number of pyridine rings is 1. The van der Waals surface area contributed by atoms with Crippen molar-refractivity contribution >= 4 is 5.69 Å². The molecule has 0 aliphatic heterocycles. The molecule has 5 nitrogen and oxygen atoms in total. The van der Waals surface area contributed by atoms with Crippen LogP contribution in [0.15, 0.2) is 24.5 Å². The molecule has 2 aromatic heterocycles. The van der Waals surface area contributed by atoms with E-state index in [0.29, 0.717) is 18.2 Å². The van der Waals surface area contributed by atoms with Crippen molar-refractivity contribution in [1.82, 2.24) is 14.5 Å². The van der Waals surface area contributed by atoms with Crippen LogP contribution in [0.5, 0.6) is 5.88 Å². The fourth-order valence-corrected chi connectivity index (χ4v) is 1.45. The van der Waals surface area contributed by atoms with E-state index in [4.69, 9.17) is 10.5 Å². The average molecular weight is 218 g/mol. The molecule has 0 bridgehead atoms. The second-order valence-corrected chi connectivity index (χ2v) is 3.34. The minimum absolute atomic E-state index is 0.466. The Morgan fingerprint density at radius 2 is 2.25 bits per heavy atom. The number of aryl methyl sites for hydroxylation is 1. The number of nitrogen functional groups attached to an aromatic ring is 1. The standard InChI is InChI=1S/C11H14N4O/c1-3-16-11-9(12)4-5-10(14-11)15-7-6-13-8(15)2/h4-7H,3,12H2,1-2H3. The van der Waals surface area contributed by atoms with E-state index < -0.39 is 0 Å². The quantitative estimate of drug-likeness (QED) is 0.849. The predicted octanol–water partition coefficient (Wildman–Crippen LogP) is 1.56. The zero-order valence-corrected chi connectivity index (χ0v) is 9.34. The third-order valence-corrected chi connectivity index (χ3v) is 2.23. The number of hydrogen-bond acceptors (Lipinski definition) is 4. The van der Waals surface area contributed by atoms with E-state index in [2.05, 4.69) is 9.97 Å². The smallest absolute Gasteiger partial charge is 0.239 e. The summed E-state index contributed by atoms with van der Waals surface area (Å²) in [5.74, 6) is 2.10. The summed E-state index contributed by atoms with van der Waals surface area (Å²) in [6.07, 6.45) is 3.58. The minimum Gasteiger partial charge on any atom is -0.476 e. The van der Waals surface area contributed by atoms with Gasteiger partial charge in [-0.05, 0) is 26.0 Å². The van der Waals surface area contributed by atoms with Crippen LogP contribution < -0.4 is 10.5 Å². The summed E-state index contributed by atoms with van der Waals surface area (Å²) in [7, 11) is 0. The summed E-state index contributed by atoms with van der Waals surface area (Å²) in [4.78, 5) is 8.48. The molecule has 0 fully saturated rings. The highest BCUT2D eigenvalue weighted by molar-refractivity contribution is 5.50. The largest absolute Gasteiger partial charge is 0.476 e. The van der Waals surface area contributed by atoms with Gasteiger partial charge < -0.3 is 10.5 Å². The number of anilines is 1. The minimum atomic E-state index is 0.466. The molecular weight excluding hydrogens is 204 g/mol. The molecule has 0 aliphatic carbocycles. The Morgan fingerprint density at radius 3 is 2.88 bits per heavy atom. The first-order chi connectivity index (χ1) is 7.72. The predicted molar refractivity (Wildman–Crippen MR) is 61.7 cm³/mol. The van der Waals surface area contributed by atoms with Gasteiger partial charge in [0.05, 0.1) is 12.3 Å². The highest BCUT2D eigenvalue weighted by Crippen LogP contribution is 2.20. The third-order valence-electron chi connectivity index (χ3n) is 2.23. The van der Waals surface area contributed by atoms with Crippen LogP contribution in [0.4, 0.5) is 5.69 Å². The van der Waals surface area contributed by atoms with E-state index in [1.807, 2.05) is 30.7 Å². The zero-order valence-electron chi connectivity index (χ0n) is 9.34. The van der Waals surface area contributed by atoms with Gasteiger partial charge in [0.25, 0.3) is 0 Å². The molecule has 0 spiro atoms.